The predicted molar refractivity (Wildman–Crippen MR) is 182 cm³/mol. The molecule has 1 aromatic heterocycles. The van der Waals surface area contributed by atoms with Crippen LogP contribution in [-0.4, -0.2) is 59.3 Å². The highest BCUT2D eigenvalue weighted by molar-refractivity contribution is 6.74. The van der Waals surface area contributed by atoms with Gasteiger partial charge in [0, 0.05) is 24.1 Å². The largest absolute Gasteiger partial charge is 0.410 e. The zero-order chi connectivity index (χ0) is 33.0. The molecule has 0 unspecified atom stereocenters. The smallest absolute Gasteiger partial charge is 0.192 e. The Balaban J connectivity index is 2.93. The molecule has 0 radical (unpaired) electrons. The zero-order valence-corrected chi connectivity index (χ0v) is 30.1. The van der Waals surface area contributed by atoms with E-state index in [1.54, 1.807) is 13.8 Å². The Bertz CT molecular complexity index is 1030. The summed E-state index contributed by atoms with van der Waals surface area (Å²) in [6.45, 7) is 23.0. The van der Waals surface area contributed by atoms with Crippen molar-refractivity contribution in [3.05, 3.63) is 47.3 Å². The minimum atomic E-state index is -2.00. The maximum absolute atomic E-state index is 13.5. The van der Waals surface area contributed by atoms with Gasteiger partial charge in [0.1, 0.15) is 5.78 Å². The minimum Gasteiger partial charge on any atom is -0.410 e. The zero-order valence-electron chi connectivity index (χ0n) is 29.1. The standard InChI is InChI=1S/C36H63NO5Si/c1-12-16-30(34(41)36(8,9)32(39)22-24-38)33(40)27(3)18-15-17-26(2)20-21-31(42-43(10,11)35(5,6)7)28(4)25-29-19-13-14-23-37-29/h13-14,19-20,23,25,27,30-33,38-40H,12,15-18,21-22,24H2,1-11H3/t27-,30+,31-,32-,33-/m0/s1. The summed E-state index contributed by atoms with van der Waals surface area (Å²) in [4.78, 5) is 17.9. The summed E-state index contributed by atoms with van der Waals surface area (Å²) in [5.41, 5.74) is 2.38. The molecule has 7 heteroatoms. The molecule has 0 spiro atoms. The van der Waals surface area contributed by atoms with Crippen LogP contribution in [0.25, 0.3) is 6.08 Å². The van der Waals surface area contributed by atoms with Gasteiger partial charge in [0.15, 0.2) is 8.32 Å². The Morgan fingerprint density at radius 3 is 2.26 bits per heavy atom. The average molecular weight is 618 g/mol. The van der Waals surface area contributed by atoms with Gasteiger partial charge >= 0.3 is 0 Å². The molecule has 0 amide bonds. The number of aliphatic hydroxyl groups excluding tert-OH is 3. The van der Waals surface area contributed by atoms with E-state index < -0.39 is 31.9 Å². The van der Waals surface area contributed by atoms with Gasteiger partial charge in [-0.05, 0) is 100 Å². The molecule has 0 fully saturated rings. The van der Waals surface area contributed by atoms with Crippen LogP contribution in [0.5, 0.6) is 0 Å². The molecule has 0 saturated heterocycles. The third-order valence-electron chi connectivity index (χ3n) is 9.53. The first-order valence-electron chi connectivity index (χ1n) is 16.3. The van der Waals surface area contributed by atoms with Crippen LogP contribution >= 0.6 is 0 Å². The molecule has 5 atom stereocenters. The molecule has 6 nitrogen and oxygen atoms in total. The van der Waals surface area contributed by atoms with Crippen LogP contribution in [-0.2, 0) is 9.22 Å². The molecule has 0 aliphatic carbocycles. The van der Waals surface area contributed by atoms with Gasteiger partial charge in [-0.1, -0.05) is 72.6 Å². The van der Waals surface area contributed by atoms with Crippen molar-refractivity contribution in [2.24, 2.45) is 17.3 Å². The molecule has 0 aliphatic rings. The fourth-order valence-corrected chi connectivity index (χ4v) is 6.57. The SMILES string of the molecule is CCC[C@@H](C(=O)C(C)(C)[C@@H](O)CCO)[C@@H](O)[C@@H](C)CCCC(C)=CC[C@H](O[Si](C)(C)C(C)(C)C)C(C)=Cc1ccccn1. The molecule has 0 aliphatic heterocycles. The molecular weight excluding hydrogens is 554 g/mol. The lowest BCUT2D eigenvalue weighted by Crippen LogP contribution is -2.46. The van der Waals surface area contributed by atoms with Crippen LogP contribution in [0.3, 0.4) is 0 Å². The summed E-state index contributed by atoms with van der Waals surface area (Å²) in [5.74, 6) is -0.688. The third kappa shape index (κ3) is 12.3. The molecule has 1 aromatic rings. The number of carbonyl (C=O) groups is 1. The van der Waals surface area contributed by atoms with E-state index in [2.05, 4.69) is 64.8 Å². The number of Topliss-reactive ketones (excluding diaryl/α,β-unsaturated/α-hetero) is 1. The minimum absolute atomic E-state index is 0.0241. The van der Waals surface area contributed by atoms with Gasteiger partial charge in [0.2, 0.25) is 0 Å². The summed E-state index contributed by atoms with van der Waals surface area (Å²) in [6.07, 6.45) is 9.45. The Morgan fingerprint density at radius 2 is 1.72 bits per heavy atom. The normalized spacial score (nSPS) is 17.3. The van der Waals surface area contributed by atoms with E-state index in [1.807, 2.05) is 38.2 Å². The number of ketones is 1. The van der Waals surface area contributed by atoms with Crippen molar-refractivity contribution >= 4 is 20.2 Å². The number of carbonyl (C=O) groups excluding carboxylic acids is 1. The summed E-state index contributed by atoms with van der Waals surface area (Å²) in [5, 5.41) is 31.1. The molecule has 246 valence electrons. The summed E-state index contributed by atoms with van der Waals surface area (Å²) >= 11 is 0. The Kier molecular flexibility index (Phi) is 16.2. The quantitative estimate of drug-likeness (QED) is 0.107. The summed E-state index contributed by atoms with van der Waals surface area (Å²) < 4.78 is 6.89. The van der Waals surface area contributed by atoms with Crippen LogP contribution in [0.2, 0.25) is 18.1 Å². The molecule has 1 rings (SSSR count). The second-order valence-electron chi connectivity index (χ2n) is 14.7. The van der Waals surface area contributed by atoms with Gasteiger partial charge in [-0.25, -0.2) is 0 Å². The molecular formula is C36H63NO5Si. The monoisotopic (exact) mass is 617 g/mol. The van der Waals surface area contributed by atoms with E-state index in [-0.39, 0.29) is 35.9 Å². The van der Waals surface area contributed by atoms with Crippen molar-refractivity contribution in [2.75, 3.05) is 6.61 Å². The van der Waals surface area contributed by atoms with Crippen LogP contribution in [0.15, 0.2) is 41.6 Å². The van der Waals surface area contributed by atoms with Crippen LogP contribution in [0.1, 0.15) is 113 Å². The van der Waals surface area contributed by atoms with Crippen molar-refractivity contribution in [1.82, 2.24) is 4.98 Å². The molecule has 0 saturated carbocycles. The number of pyridine rings is 1. The van der Waals surface area contributed by atoms with Gasteiger partial charge < -0.3 is 19.7 Å². The second-order valence-corrected chi connectivity index (χ2v) is 19.4. The van der Waals surface area contributed by atoms with Gasteiger partial charge in [-0.3, -0.25) is 9.78 Å². The van der Waals surface area contributed by atoms with E-state index >= 15 is 0 Å². The van der Waals surface area contributed by atoms with E-state index in [4.69, 9.17) is 4.43 Å². The Hall–Kier alpha value is -1.64. The van der Waals surface area contributed by atoms with Crippen molar-refractivity contribution in [3.63, 3.8) is 0 Å². The van der Waals surface area contributed by atoms with E-state index in [9.17, 15) is 20.1 Å². The molecule has 0 bridgehead atoms. The molecule has 0 aromatic carbocycles. The lowest BCUT2D eigenvalue weighted by atomic mass is 9.71. The predicted octanol–water partition coefficient (Wildman–Crippen LogP) is 8.13. The van der Waals surface area contributed by atoms with E-state index in [0.29, 0.717) is 6.42 Å². The second kappa shape index (κ2) is 17.7. The maximum Gasteiger partial charge on any atom is 0.192 e. The number of hydrogen-bond acceptors (Lipinski definition) is 6. The van der Waals surface area contributed by atoms with E-state index in [0.717, 1.165) is 37.8 Å². The van der Waals surface area contributed by atoms with E-state index in [1.165, 1.54) is 11.1 Å². The first-order valence-corrected chi connectivity index (χ1v) is 19.2. The molecule has 3 N–H and O–H groups in total. The number of rotatable bonds is 19. The fourth-order valence-electron chi connectivity index (χ4n) is 5.22. The van der Waals surface area contributed by atoms with Crippen LogP contribution < -0.4 is 0 Å². The lowest BCUT2D eigenvalue weighted by Gasteiger charge is -2.39. The van der Waals surface area contributed by atoms with Gasteiger partial charge in [-0.2, -0.15) is 0 Å². The molecule has 43 heavy (non-hydrogen) atoms. The van der Waals surface area contributed by atoms with Crippen LogP contribution in [0.4, 0.5) is 0 Å². The highest BCUT2D eigenvalue weighted by Crippen LogP contribution is 2.39. The van der Waals surface area contributed by atoms with Crippen molar-refractivity contribution in [2.45, 2.75) is 144 Å². The topological polar surface area (TPSA) is 99.9 Å². The summed E-state index contributed by atoms with van der Waals surface area (Å²) in [6, 6.07) is 5.94. The number of nitrogens with zero attached hydrogens (tertiary/aromatic N) is 1. The summed E-state index contributed by atoms with van der Waals surface area (Å²) in [7, 11) is -2.00. The average Bonchev–Trinajstić information content (AvgIpc) is 2.93. The Morgan fingerprint density at radius 1 is 1.07 bits per heavy atom. The van der Waals surface area contributed by atoms with Gasteiger partial charge in [-0.15, -0.1) is 0 Å². The number of aromatic nitrogens is 1. The first-order chi connectivity index (χ1) is 19.9. The Labute approximate surface area is 264 Å². The van der Waals surface area contributed by atoms with Gasteiger partial charge in [0.05, 0.1) is 24.0 Å². The van der Waals surface area contributed by atoms with Crippen molar-refractivity contribution in [3.8, 4) is 0 Å². The number of aliphatic hydroxyl groups is 3. The highest BCUT2D eigenvalue weighted by Gasteiger charge is 2.42. The third-order valence-corrected chi connectivity index (χ3v) is 14.0. The van der Waals surface area contributed by atoms with Crippen LogP contribution in [0, 0.1) is 17.3 Å². The highest BCUT2D eigenvalue weighted by atomic mass is 28.4. The van der Waals surface area contributed by atoms with Gasteiger partial charge in [0.25, 0.3) is 0 Å². The number of allylic oxidation sites excluding steroid dienone is 1. The maximum atomic E-state index is 13.5. The van der Waals surface area contributed by atoms with Crippen molar-refractivity contribution < 1.29 is 24.5 Å². The first kappa shape index (κ1) is 39.4. The molecule has 1 heterocycles. The van der Waals surface area contributed by atoms with Crippen molar-refractivity contribution in [1.29, 1.82) is 0 Å². The lowest BCUT2D eigenvalue weighted by molar-refractivity contribution is -0.143. The number of hydrogen-bond donors (Lipinski definition) is 3. The fraction of sp³-hybridized carbons (Fsp3) is 0.722.